The van der Waals surface area contributed by atoms with Crippen molar-refractivity contribution in [1.29, 1.82) is 0 Å². The van der Waals surface area contributed by atoms with Crippen molar-refractivity contribution < 1.29 is 19.1 Å². The summed E-state index contributed by atoms with van der Waals surface area (Å²) in [6, 6.07) is 11.6. The van der Waals surface area contributed by atoms with Crippen LogP contribution in [0.1, 0.15) is 18.1 Å². The highest BCUT2D eigenvalue weighted by atomic mass is 127. The molecule has 0 bridgehead atoms. The van der Waals surface area contributed by atoms with E-state index in [2.05, 4.69) is 45.1 Å². The Morgan fingerprint density at radius 1 is 1.20 bits per heavy atom. The number of ether oxygens (including phenoxy) is 2. The molecule has 1 aliphatic heterocycles. The number of imide groups is 1. The maximum Gasteiger partial charge on any atom is 0.293 e. The molecule has 1 saturated heterocycles. The molecule has 0 radical (unpaired) electrons. The first-order valence-electron chi connectivity index (χ1n) is 9.12. The largest absolute Gasteiger partial charge is 0.490 e. The second kappa shape index (κ2) is 10.5. The second-order valence-electron chi connectivity index (χ2n) is 6.26. The molecule has 0 saturated carbocycles. The molecule has 3 rings (SSSR count). The van der Waals surface area contributed by atoms with Gasteiger partial charge < -0.3 is 9.47 Å². The van der Waals surface area contributed by atoms with Gasteiger partial charge in [-0.25, -0.2) is 0 Å². The maximum absolute atomic E-state index is 12.5. The Morgan fingerprint density at radius 3 is 2.60 bits per heavy atom. The molecule has 2 aromatic rings. The van der Waals surface area contributed by atoms with Gasteiger partial charge in [0.2, 0.25) is 0 Å². The van der Waals surface area contributed by atoms with Gasteiger partial charge in [0.1, 0.15) is 6.61 Å². The smallest absolute Gasteiger partial charge is 0.293 e. The molecule has 30 heavy (non-hydrogen) atoms. The number of carbonyl (C=O) groups is 2. The lowest BCUT2D eigenvalue weighted by Crippen LogP contribution is -2.27. The van der Waals surface area contributed by atoms with Crippen molar-refractivity contribution in [2.24, 2.45) is 0 Å². The van der Waals surface area contributed by atoms with E-state index in [-0.39, 0.29) is 17.7 Å². The highest BCUT2D eigenvalue weighted by Crippen LogP contribution is 2.37. The van der Waals surface area contributed by atoms with E-state index in [0.717, 1.165) is 30.9 Å². The maximum atomic E-state index is 12.5. The van der Waals surface area contributed by atoms with Crippen LogP contribution in [0.4, 0.5) is 4.79 Å². The molecule has 2 aromatic carbocycles. The Hall–Kier alpha value is -1.78. The summed E-state index contributed by atoms with van der Waals surface area (Å²) in [5.74, 6) is 0.934. The van der Waals surface area contributed by atoms with Crippen LogP contribution >= 0.6 is 50.3 Å². The van der Waals surface area contributed by atoms with E-state index in [0.29, 0.717) is 29.6 Å². The van der Waals surface area contributed by atoms with E-state index in [1.807, 2.05) is 43.3 Å². The molecule has 1 fully saturated rings. The highest BCUT2D eigenvalue weighted by molar-refractivity contribution is 14.1. The number of rotatable bonds is 8. The fourth-order valence-corrected chi connectivity index (χ4v) is 4.64. The van der Waals surface area contributed by atoms with E-state index in [4.69, 9.17) is 9.47 Å². The molecule has 2 amide bonds. The van der Waals surface area contributed by atoms with Crippen molar-refractivity contribution in [2.75, 3.05) is 13.2 Å². The lowest BCUT2D eigenvalue weighted by atomic mass is 10.1. The first-order chi connectivity index (χ1) is 14.4. The number of thioether (sulfide) groups is 1. The normalized spacial score (nSPS) is 15.0. The van der Waals surface area contributed by atoms with Crippen molar-refractivity contribution in [2.45, 2.75) is 13.5 Å². The molecular weight excluding hydrogens is 581 g/mol. The molecule has 0 atom stereocenters. The van der Waals surface area contributed by atoms with Gasteiger partial charge in [0, 0.05) is 11.0 Å². The standard InChI is InChI=1S/C22H19BrINO4S/c1-3-9-25-21(26)19(30-22(25)27)12-15-10-17(24)20(18(11-15)28-4-2)29-13-14-5-7-16(23)8-6-14/h3,5-8,10-12H,1,4,9,13H2,2H3/b19-12+. The number of hydrogen-bond donors (Lipinski definition) is 0. The van der Waals surface area contributed by atoms with Crippen LogP contribution < -0.4 is 9.47 Å². The number of amides is 2. The van der Waals surface area contributed by atoms with Crippen molar-refractivity contribution in [1.82, 2.24) is 4.90 Å². The molecular formula is C22H19BrINO4S. The fourth-order valence-electron chi connectivity index (χ4n) is 2.75. The van der Waals surface area contributed by atoms with Gasteiger partial charge in [-0.1, -0.05) is 34.1 Å². The fraction of sp³-hybridized carbons (Fsp3) is 0.182. The third-order valence-electron chi connectivity index (χ3n) is 4.11. The monoisotopic (exact) mass is 599 g/mol. The number of carbonyl (C=O) groups excluding carboxylic acids is 2. The highest BCUT2D eigenvalue weighted by Gasteiger charge is 2.34. The quantitative estimate of drug-likeness (QED) is 0.204. The Balaban J connectivity index is 1.85. The van der Waals surface area contributed by atoms with Gasteiger partial charge in [0.15, 0.2) is 11.5 Å². The van der Waals surface area contributed by atoms with Crippen LogP contribution in [0, 0.1) is 3.57 Å². The van der Waals surface area contributed by atoms with Crippen LogP contribution in [-0.2, 0) is 11.4 Å². The molecule has 5 nitrogen and oxygen atoms in total. The van der Waals surface area contributed by atoms with E-state index in [1.54, 1.807) is 6.08 Å². The van der Waals surface area contributed by atoms with E-state index in [9.17, 15) is 9.59 Å². The average Bonchev–Trinajstić information content (AvgIpc) is 2.97. The summed E-state index contributed by atoms with van der Waals surface area (Å²) in [7, 11) is 0. The minimum atomic E-state index is -0.312. The third kappa shape index (κ3) is 5.47. The molecule has 1 aliphatic rings. The van der Waals surface area contributed by atoms with Crippen LogP contribution in [0.2, 0.25) is 0 Å². The van der Waals surface area contributed by atoms with Gasteiger partial charge in [-0.05, 0) is 82.7 Å². The Morgan fingerprint density at radius 2 is 1.93 bits per heavy atom. The minimum absolute atomic E-state index is 0.201. The number of halogens is 2. The van der Waals surface area contributed by atoms with Crippen LogP contribution in [-0.4, -0.2) is 29.2 Å². The van der Waals surface area contributed by atoms with Crippen molar-refractivity contribution in [3.05, 3.63) is 73.1 Å². The molecule has 1 heterocycles. The zero-order chi connectivity index (χ0) is 21.7. The zero-order valence-electron chi connectivity index (χ0n) is 16.2. The summed E-state index contributed by atoms with van der Waals surface area (Å²) in [6.07, 6.45) is 3.24. The number of nitrogens with zero attached hydrogens (tertiary/aromatic N) is 1. The number of hydrogen-bond acceptors (Lipinski definition) is 5. The number of benzene rings is 2. The summed E-state index contributed by atoms with van der Waals surface area (Å²) in [5.41, 5.74) is 1.80. The summed E-state index contributed by atoms with van der Waals surface area (Å²) >= 11 is 6.54. The van der Waals surface area contributed by atoms with Crippen LogP contribution in [0.3, 0.4) is 0 Å². The second-order valence-corrected chi connectivity index (χ2v) is 9.33. The molecule has 156 valence electrons. The van der Waals surface area contributed by atoms with Gasteiger partial charge in [-0.2, -0.15) is 0 Å². The van der Waals surface area contributed by atoms with E-state index in [1.165, 1.54) is 11.0 Å². The van der Waals surface area contributed by atoms with Crippen LogP contribution in [0.5, 0.6) is 11.5 Å². The van der Waals surface area contributed by atoms with Gasteiger partial charge in [-0.15, -0.1) is 6.58 Å². The van der Waals surface area contributed by atoms with Gasteiger partial charge in [0.05, 0.1) is 15.1 Å². The molecule has 0 N–H and O–H groups in total. The van der Waals surface area contributed by atoms with Gasteiger partial charge >= 0.3 is 0 Å². The van der Waals surface area contributed by atoms with Crippen molar-refractivity contribution >= 4 is 67.5 Å². The van der Waals surface area contributed by atoms with Gasteiger partial charge in [-0.3, -0.25) is 14.5 Å². The summed E-state index contributed by atoms with van der Waals surface area (Å²) in [4.78, 5) is 26.1. The molecule has 0 aliphatic carbocycles. The summed E-state index contributed by atoms with van der Waals surface area (Å²) in [6.45, 7) is 6.57. The first kappa shape index (κ1) is 22.9. The van der Waals surface area contributed by atoms with Crippen molar-refractivity contribution in [3.8, 4) is 11.5 Å². The molecule has 8 heteroatoms. The Bertz CT molecular complexity index is 1010. The van der Waals surface area contributed by atoms with Crippen molar-refractivity contribution in [3.63, 3.8) is 0 Å². The molecule has 0 aromatic heterocycles. The zero-order valence-corrected chi connectivity index (χ0v) is 20.8. The molecule has 0 spiro atoms. The molecule has 0 unspecified atom stereocenters. The predicted molar refractivity (Wildman–Crippen MR) is 132 cm³/mol. The average molecular weight is 600 g/mol. The lowest BCUT2D eigenvalue weighted by molar-refractivity contribution is -0.122. The van der Waals surface area contributed by atoms with Gasteiger partial charge in [0.25, 0.3) is 11.1 Å². The minimum Gasteiger partial charge on any atom is -0.490 e. The third-order valence-corrected chi connectivity index (χ3v) is 6.35. The van der Waals surface area contributed by atoms with E-state index >= 15 is 0 Å². The summed E-state index contributed by atoms with van der Waals surface area (Å²) < 4.78 is 13.7. The van der Waals surface area contributed by atoms with Crippen LogP contribution in [0.15, 0.2) is 58.4 Å². The Kier molecular flexibility index (Phi) is 8.01. The van der Waals surface area contributed by atoms with Crippen LogP contribution in [0.25, 0.3) is 6.08 Å². The van der Waals surface area contributed by atoms with E-state index < -0.39 is 0 Å². The predicted octanol–water partition coefficient (Wildman–Crippen LogP) is 6.25. The Labute approximate surface area is 201 Å². The first-order valence-corrected chi connectivity index (χ1v) is 11.8. The lowest BCUT2D eigenvalue weighted by Gasteiger charge is -2.15. The summed E-state index contributed by atoms with van der Waals surface area (Å²) in [5, 5.41) is -0.291. The topological polar surface area (TPSA) is 55.8 Å². The SMILES string of the molecule is C=CCN1C(=O)S/C(=C/c2cc(I)c(OCc3ccc(Br)cc3)c(OCC)c2)C1=O.